The second-order valence-corrected chi connectivity index (χ2v) is 4.34. The Labute approximate surface area is 123 Å². The van der Waals surface area contributed by atoms with Crippen LogP contribution in [0.2, 0.25) is 0 Å². The van der Waals surface area contributed by atoms with Gasteiger partial charge in [0.1, 0.15) is 5.75 Å². The summed E-state index contributed by atoms with van der Waals surface area (Å²) >= 11 is 0. The predicted molar refractivity (Wildman–Crippen MR) is 74.8 cm³/mol. The normalized spacial score (nSPS) is 10.3. The van der Waals surface area contributed by atoms with Crippen molar-refractivity contribution in [2.24, 2.45) is 5.92 Å². The van der Waals surface area contributed by atoms with Gasteiger partial charge in [-0.15, -0.1) is 0 Å². The number of benzene rings is 1. The number of hydrogen-bond acceptors (Lipinski definition) is 6. The molecular formula is C15H20O6. The Hall–Kier alpha value is -2.08. The van der Waals surface area contributed by atoms with Gasteiger partial charge in [-0.2, -0.15) is 0 Å². The molecule has 0 bridgehead atoms. The summed E-state index contributed by atoms with van der Waals surface area (Å²) in [5, 5.41) is 9.35. The van der Waals surface area contributed by atoms with Gasteiger partial charge >= 0.3 is 11.9 Å². The third-order valence-corrected chi connectivity index (χ3v) is 3.01. The van der Waals surface area contributed by atoms with Crippen LogP contribution in [0.4, 0.5) is 0 Å². The van der Waals surface area contributed by atoms with Crippen LogP contribution >= 0.6 is 0 Å². The fourth-order valence-corrected chi connectivity index (χ4v) is 1.96. The Balaban J connectivity index is 2.98. The molecule has 0 spiro atoms. The molecule has 0 radical (unpaired) electrons. The van der Waals surface area contributed by atoms with Gasteiger partial charge in [0.15, 0.2) is 5.92 Å². The fourth-order valence-electron chi connectivity index (χ4n) is 1.96. The van der Waals surface area contributed by atoms with E-state index in [0.29, 0.717) is 23.5 Å². The molecule has 0 aliphatic rings. The highest BCUT2D eigenvalue weighted by Gasteiger charge is 2.29. The van der Waals surface area contributed by atoms with Gasteiger partial charge in [0, 0.05) is 5.56 Å². The summed E-state index contributed by atoms with van der Waals surface area (Å²) in [7, 11) is 2.44. The Kier molecular flexibility index (Phi) is 6.68. The molecule has 1 rings (SSSR count). The molecule has 0 saturated heterocycles. The van der Waals surface area contributed by atoms with Gasteiger partial charge in [0.2, 0.25) is 0 Å². The van der Waals surface area contributed by atoms with E-state index in [9.17, 15) is 14.7 Å². The number of aliphatic hydroxyl groups excluding tert-OH is 1. The van der Waals surface area contributed by atoms with Crippen molar-refractivity contribution >= 4 is 11.9 Å². The molecule has 0 aliphatic heterocycles. The van der Waals surface area contributed by atoms with Crippen molar-refractivity contribution in [3.05, 3.63) is 29.3 Å². The van der Waals surface area contributed by atoms with Gasteiger partial charge in [-0.3, -0.25) is 9.59 Å². The molecule has 0 atom stereocenters. The van der Waals surface area contributed by atoms with Crippen LogP contribution in [-0.4, -0.2) is 37.9 Å². The zero-order valence-electron chi connectivity index (χ0n) is 12.4. The van der Waals surface area contributed by atoms with Crippen LogP contribution < -0.4 is 4.74 Å². The second-order valence-electron chi connectivity index (χ2n) is 4.34. The third kappa shape index (κ3) is 4.46. The van der Waals surface area contributed by atoms with Crippen molar-refractivity contribution < 1.29 is 28.9 Å². The quantitative estimate of drug-likeness (QED) is 0.599. The average molecular weight is 296 g/mol. The zero-order chi connectivity index (χ0) is 15.8. The largest absolute Gasteiger partial charge is 0.494 e. The fraction of sp³-hybridized carbons (Fsp3) is 0.467. The first kappa shape index (κ1) is 17.0. The lowest BCUT2D eigenvalue weighted by atomic mass is 9.97. The molecule has 1 N–H and O–H groups in total. The molecule has 0 saturated carbocycles. The molecule has 0 aromatic heterocycles. The molecule has 116 valence electrons. The number of carbonyl (C=O) groups is 2. The summed E-state index contributed by atoms with van der Waals surface area (Å²) in [5.74, 6) is -1.75. The van der Waals surface area contributed by atoms with E-state index in [0.717, 1.165) is 0 Å². The predicted octanol–water partition coefficient (Wildman–Crippen LogP) is 1.08. The summed E-state index contributed by atoms with van der Waals surface area (Å²) in [6.07, 6.45) is 0.138. The molecule has 1 aromatic rings. The molecule has 6 heteroatoms. The number of methoxy groups -OCH3 is 2. The third-order valence-electron chi connectivity index (χ3n) is 3.01. The van der Waals surface area contributed by atoms with Gasteiger partial charge in [0.05, 0.1) is 27.4 Å². The molecule has 0 amide bonds. The smallest absolute Gasteiger partial charge is 0.320 e. The maximum absolute atomic E-state index is 11.6. The molecule has 21 heavy (non-hydrogen) atoms. The first-order valence-corrected chi connectivity index (χ1v) is 6.58. The van der Waals surface area contributed by atoms with E-state index in [-0.39, 0.29) is 13.0 Å². The van der Waals surface area contributed by atoms with Gasteiger partial charge in [-0.25, -0.2) is 0 Å². The van der Waals surface area contributed by atoms with Gasteiger partial charge in [-0.05, 0) is 31.0 Å². The standard InChI is InChI=1S/C15H20O6/c1-4-21-13-6-5-10(7-11(13)9-16)8-12(14(17)19-2)15(18)20-3/h5-7,12,16H,4,8-9H2,1-3H3. The molecule has 0 heterocycles. The second kappa shape index (κ2) is 8.26. The van der Waals surface area contributed by atoms with Crippen LogP contribution in [0.25, 0.3) is 0 Å². The average Bonchev–Trinajstić information content (AvgIpc) is 2.52. The van der Waals surface area contributed by atoms with E-state index in [4.69, 9.17) is 4.74 Å². The number of ether oxygens (including phenoxy) is 3. The van der Waals surface area contributed by atoms with E-state index in [1.165, 1.54) is 14.2 Å². The summed E-state index contributed by atoms with van der Waals surface area (Å²) in [4.78, 5) is 23.3. The molecule has 1 aromatic carbocycles. The molecule has 0 unspecified atom stereocenters. The number of esters is 2. The van der Waals surface area contributed by atoms with Crippen LogP contribution in [0.5, 0.6) is 5.75 Å². The van der Waals surface area contributed by atoms with Crippen LogP contribution in [0, 0.1) is 5.92 Å². The maximum atomic E-state index is 11.6. The van der Waals surface area contributed by atoms with Crippen molar-refractivity contribution in [3.8, 4) is 5.75 Å². The van der Waals surface area contributed by atoms with Crippen molar-refractivity contribution in [1.29, 1.82) is 0 Å². The number of carbonyl (C=O) groups excluding carboxylic acids is 2. The lowest BCUT2D eigenvalue weighted by Gasteiger charge is -2.14. The lowest BCUT2D eigenvalue weighted by molar-refractivity contribution is -0.158. The van der Waals surface area contributed by atoms with Crippen LogP contribution in [0.15, 0.2) is 18.2 Å². The van der Waals surface area contributed by atoms with Crippen molar-refractivity contribution in [1.82, 2.24) is 0 Å². The minimum absolute atomic E-state index is 0.138. The Bertz CT molecular complexity index is 481. The number of aliphatic hydroxyl groups is 1. The molecule has 6 nitrogen and oxygen atoms in total. The minimum Gasteiger partial charge on any atom is -0.494 e. The summed E-state index contributed by atoms with van der Waals surface area (Å²) < 4.78 is 14.6. The van der Waals surface area contributed by atoms with Crippen LogP contribution in [0.3, 0.4) is 0 Å². The number of rotatable bonds is 7. The van der Waals surface area contributed by atoms with Crippen molar-refractivity contribution in [3.63, 3.8) is 0 Å². The van der Waals surface area contributed by atoms with Gasteiger partial charge < -0.3 is 19.3 Å². The van der Waals surface area contributed by atoms with E-state index in [1.807, 2.05) is 6.92 Å². The highest BCUT2D eigenvalue weighted by Crippen LogP contribution is 2.22. The van der Waals surface area contributed by atoms with Crippen LogP contribution in [0.1, 0.15) is 18.1 Å². The SMILES string of the molecule is CCOc1ccc(CC(C(=O)OC)C(=O)OC)cc1CO. The van der Waals surface area contributed by atoms with Gasteiger partial charge in [0.25, 0.3) is 0 Å². The van der Waals surface area contributed by atoms with E-state index in [2.05, 4.69) is 9.47 Å². The van der Waals surface area contributed by atoms with E-state index in [1.54, 1.807) is 18.2 Å². The Morgan fingerprint density at radius 1 is 1.19 bits per heavy atom. The molecule has 0 fully saturated rings. The molecule has 0 aliphatic carbocycles. The zero-order valence-corrected chi connectivity index (χ0v) is 12.4. The van der Waals surface area contributed by atoms with Crippen LogP contribution in [-0.2, 0) is 32.1 Å². The van der Waals surface area contributed by atoms with E-state index < -0.39 is 17.9 Å². The first-order chi connectivity index (χ1) is 10.1. The summed E-state index contributed by atoms with van der Waals surface area (Å²) in [6, 6.07) is 5.14. The van der Waals surface area contributed by atoms with Gasteiger partial charge in [-0.1, -0.05) is 6.07 Å². The molecular weight excluding hydrogens is 276 g/mol. The van der Waals surface area contributed by atoms with Crippen molar-refractivity contribution in [2.45, 2.75) is 20.0 Å². The Morgan fingerprint density at radius 2 is 1.81 bits per heavy atom. The minimum atomic E-state index is -1.02. The first-order valence-electron chi connectivity index (χ1n) is 6.58. The lowest BCUT2D eigenvalue weighted by Crippen LogP contribution is -2.28. The summed E-state index contributed by atoms with van der Waals surface area (Å²) in [6.45, 7) is 2.14. The highest BCUT2D eigenvalue weighted by molar-refractivity contribution is 5.95. The highest BCUT2D eigenvalue weighted by atomic mass is 16.5. The topological polar surface area (TPSA) is 82.1 Å². The number of hydrogen-bond donors (Lipinski definition) is 1. The van der Waals surface area contributed by atoms with E-state index >= 15 is 0 Å². The monoisotopic (exact) mass is 296 g/mol. The maximum Gasteiger partial charge on any atom is 0.320 e. The van der Waals surface area contributed by atoms with Crippen molar-refractivity contribution in [2.75, 3.05) is 20.8 Å². The summed E-state index contributed by atoms with van der Waals surface area (Å²) in [5.41, 5.74) is 1.31. The Morgan fingerprint density at radius 3 is 2.29 bits per heavy atom.